The number of rotatable bonds is 6. The average Bonchev–Trinajstić information content (AvgIpc) is 2.89. The van der Waals surface area contributed by atoms with E-state index in [-0.39, 0.29) is 12.1 Å². The van der Waals surface area contributed by atoms with Gasteiger partial charge >= 0.3 is 0 Å². The zero-order chi connectivity index (χ0) is 15.4. The van der Waals surface area contributed by atoms with Gasteiger partial charge in [0.15, 0.2) is 0 Å². The molecule has 0 saturated heterocycles. The molecule has 4 heteroatoms. The van der Waals surface area contributed by atoms with Gasteiger partial charge in [-0.15, -0.1) is 0 Å². The summed E-state index contributed by atoms with van der Waals surface area (Å²) in [6.07, 6.45) is 4.93. The number of hydrogen-bond donors (Lipinski definition) is 1. The van der Waals surface area contributed by atoms with Crippen molar-refractivity contribution in [2.24, 2.45) is 12.8 Å². The van der Waals surface area contributed by atoms with E-state index in [1.165, 1.54) is 16.8 Å². The van der Waals surface area contributed by atoms with Gasteiger partial charge in [0, 0.05) is 37.1 Å². The molecule has 2 rings (SSSR count). The monoisotopic (exact) mass is 286 g/mol. The van der Waals surface area contributed by atoms with Crippen molar-refractivity contribution >= 4 is 5.69 Å². The summed E-state index contributed by atoms with van der Waals surface area (Å²) in [6, 6.07) is 8.82. The van der Waals surface area contributed by atoms with E-state index in [0.29, 0.717) is 0 Å². The first-order chi connectivity index (χ1) is 10.1. The molecule has 0 fully saturated rings. The molecule has 0 radical (unpaired) electrons. The zero-order valence-electron chi connectivity index (χ0n) is 13.5. The summed E-state index contributed by atoms with van der Waals surface area (Å²) in [6.45, 7) is 7.35. The van der Waals surface area contributed by atoms with Gasteiger partial charge in [-0.3, -0.25) is 4.68 Å². The third-order valence-corrected chi connectivity index (χ3v) is 3.95. The van der Waals surface area contributed by atoms with Crippen molar-refractivity contribution in [3.8, 4) is 0 Å². The molecule has 2 atom stereocenters. The minimum atomic E-state index is 0.0784. The number of anilines is 1. The van der Waals surface area contributed by atoms with Crippen LogP contribution < -0.4 is 10.6 Å². The third-order valence-electron chi connectivity index (χ3n) is 3.95. The van der Waals surface area contributed by atoms with Crippen LogP contribution in [0.15, 0.2) is 36.7 Å². The Kier molecular flexibility index (Phi) is 5.02. The van der Waals surface area contributed by atoms with E-state index in [1.54, 1.807) is 0 Å². The number of nitrogens with zero attached hydrogens (tertiary/aromatic N) is 3. The lowest BCUT2D eigenvalue weighted by Crippen LogP contribution is -2.41. The molecule has 21 heavy (non-hydrogen) atoms. The Labute approximate surface area is 127 Å². The molecule has 2 unspecified atom stereocenters. The van der Waals surface area contributed by atoms with Gasteiger partial charge in [0.25, 0.3) is 0 Å². The summed E-state index contributed by atoms with van der Waals surface area (Å²) in [4.78, 5) is 2.37. The van der Waals surface area contributed by atoms with Crippen molar-refractivity contribution in [2.45, 2.75) is 39.3 Å². The Morgan fingerprint density at radius 1 is 1.33 bits per heavy atom. The minimum absolute atomic E-state index is 0.0784. The Morgan fingerprint density at radius 3 is 2.62 bits per heavy atom. The van der Waals surface area contributed by atoms with Crippen LogP contribution in [0.5, 0.6) is 0 Å². The maximum Gasteiger partial charge on any atom is 0.0723 e. The molecule has 0 aliphatic heterocycles. The molecule has 0 spiro atoms. The number of aromatic nitrogens is 2. The standard InChI is InChI=1S/C17H26N4/c1-5-16(18)17(14-11-19-20(4)12-14)21(6-2)15-9-7-8-13(3)10-15/h7-12,16-17H,5-6,18H2,1-4H3. The highest BCUT2D eigenvalue weighted by molar-refractivity contribution is 5.51. The van der Waals surface area contributed by atoms with Crippen LogP contribution in [0.3, 0.4) is 0 Å². The second kappa shape index (κ2) is 6.76. The maximum absolute atomic E-state index is 6.43. The van der Waals surface area contributed by atoms with E-state index in [4.69, 9.17) is 5.73 Å². The SMILES string of the molecule is CCC(N)C(c1cnn(C)c1)N(CC)c1cccc(C)c1. The number of likely N-dealkylation sites (N-methyl/N-ethyl adjacent to an activating group) is 1. The molecular weight excluding hydrogens is 260 g/mol. The molecule has 4 nitrogen and oxygen atoms in total. The summed E-state index contributed by atoms with van der Waals surface area (Å²) in [7, 11) is 1.95. The highest BCUT2D eigenvalue weighted by atomic mass is 15.3. The van der Waals surface area contributed by atoms with E-state index in [0.717, 1.165) is 13.0 Å². The van der Waals surface area contributed by atoms with Crippen LogP contribution in [0.1, 0.15) is 37.4 Å². The molecule has 1 aromatic carbocycles. The molecule has 2 aromatic rings. The van der Waals surface area contributed by atoms with Gasteiger partial charge in [-0.2, -0.15) is 5.10 Å². The first kappa shape index (κ1) is 15.6. The first-order valence-corrected chi connectivity index (χ1v) is 7.64. The van der Waals surface area contributed by atoms with Crippen LogP contribution in [-0.4, -0.2) is 22.4 Å². The molecule has 1 aromatic heterocycles. The Bertz CT molecular complexity index is 576. The van der Waals surface area contributed by atoms with Crippen molar-refractivity contribution < 1.29 is 0 Å². The number of nitrogens with two attached hydrogens (primary N) is 1. The lowest BCUT2D eigenvalue weighted by atomic mass is 9.98. The highest BCUT2D eigenvalue weighted by Gasteiger charge is 2.26. The molecule has 0 amide bonds. The second-order valence-corrected chi connectivity index (χ2v) is 5.59. The number of hydrogen-bond acceptors (Lipinski definition) is 3. The predicted octanol–water partition coefficient (Wildman–Crippen LogP) is 3.03. The molecule has 114 valence electrons. The Hall–Kier alpha value is -1.81. The zero-order valence-corrected chi connectivity index (χ0v) is 13.5. The second-order valence-electron chi connectivity index (χ2n) is 5.59. The fourth-order valence-corrected chi connectivity index (χ4v) is 2.82. The van der Waals surface area contributed by atoms with E-state index < -0.39 is 0 Å². The van der Waals surface area contributed by atoms with Gasteiger partial charge in [0.1, 0.15) is 0 Å². The van der Waals surface area contributed by atoms with E-state index in [1.807, 2.05) is 17.9 Å². The molecule has 0 aliphatic carbocycles. The van der Waals surface area contributed by atoms with Gasteiger partial charge in [-0.25, -0.2) is 0 Å². The van der Waals surface area contributed by atoms with E-state index in [9.17, 15) is 0 Å². The van der Waals surface area contributed by atoms with Gasteiger partial charge in [0.05, 0.1) is 12.2 Å². The quantitative estimate of drug-likeness (QED) is 0.888. The van der Waals surface area contributed by atoms with Crippen molar-refractivity contribution in [1.29, 1.82) is 0 Å². The molecule has 1 heterocycles. The summed E-state index contributed by atoms with van der Waals surface area (Å²) in [5, 5.41) is 4.32. The van der Waals surface area contributed by atoms with E-state index >= 15 is 0 Å². The van der Waals surface area contributed by atoms with E-state index in [2.05, 4.69) is 61.2 Å². The normalized spacial score (nSPS) is 14.0. The van der Waals surface area contributed by atoms with Crippen molar-refractivity contribution in [2.75, 3.05) is 11.4 Å². The van der Waals surface area contributed by atoms with Crippen LogP contribution in [0.25, 0.3) is 0 Å². The van der Waals surface area contributed by atoms with Gasteiger partial charge < -0.3 is 10.6 Å². The van der Waals surface area contributed by atoms with Gasteiger partial charge in [-0.1, -0.05) is 19.1 Å². The van der Waals surface area contributed by atoms with Crippen LogP contribution in [0.2, 0.25) is 0 Å². The molecular formula is C17H26N4. The highest BCUT2D eigenvalue weighted by Crippen LogP contribution is 2.30. The molecule has 2 N–H and O–H groups in total. The largest absolute Gasteiger partial charge is 0.363 e. The number of aryl methyl sites for hydroxylation is 2. The van der Waals surface area contributed by atoms with Crippen molar-refractivity contribution in [3.63, 3.8) is 0 Å². The van der Waals surface area contributed by atoms with Crippen LogP contribution in [0.4, 0.5) is 5.69 Å². The molecule has 0 aliphatic rings. The smallest absolute Gasteiger partial charge is 0.0723 e. The van der Waals surface area contributed by atoms with Crippen LogP contribution in [0, 0.1) is 6.92 Å². The molecule has 0 bridgehead atoms. The summed E-state index contributed by atoms with van der Waals surface area (Å²) in [5.74, 6) is 0. The van der Waals surface area contributed by atoms with Crippen molar-refractivity contribution in [3.05, 3.63) is 47.8 Å². The van der Waals surface area contributed by atoms with Gasteiger partial charge in [0.2, 0.25) is 0 Å². The predicted molar refractivity (Wildman–Crippen MR) is 88.4 cm³/mol. The van der Waals surface area contributed by atoms with Crippen molar-refractivity contribution in [1.82, 2.24) is 9.78 Å². The summed E-state index contributed by atoms with van der Waals surface area (Å²) < 4.78 is 1.84. The fourth-order valence-electron chi connectivity index (χ4n) is 2.82. The maximum atomic E-state index is 6.43. The lowest BCUT2D eigenvalue weighted by molar-refractivity contribution is 0.494. The van der Waals surface area contributed by atoms with Gasteiger partial charge in [-0.05, 0) is 38.0 Å². The third kappa shape index (κ3) is 3.45. The minimum Gasteiger partial charge on any atom is -0.363 e. The topological polar surface area (TPSA) is 47.1 Å². The molecule has 0 saturated carbocycles. The number of benzene rings is 1. The Balaban J connectivity index is 2.42. The van der Waals surface area contributed by atoms with Crippen LogP contribution >= 0.6 is 0 Å². The van der Waals surface area contributed by atoms with Crippen LogP contribution in [-0.2, 0) is 7.05 Å². The lowest BCUT2D eigenvalue weighted by Gasteiger charge is -2.36. The first-order valence-electron chi connectivity index (χ1n) is 7.64. The fraction of sp³-hybridized carbons (Fsp3) is 0.471. The average molecular weight is 286 g/mol. The summed E-state index contributed by atoms with van der Waals surface area (Å²) >= 11 is 0. The Morgan fingerprint density at radius 2 is 2.10 bits per heavy atom. The summed E-state index contributed by atoms with van der Waals surface area (Å²) in [5.41, 5.74) is 10.1.